The molecule has 0 aliphatic rings. The lowest BCUT2D eigenvalue weighted by Gasteiger charge is -2.21. The number of nitrogens with zero attached hydrogens (tertiary/aromatic N) is 2. The molecule has 3 N–H and O–H groups in total. The number of benzene rings is 2. The van der Waals surface area contributed by atoms with Crippen molar-refractivity contribution >= 4 is 42.1 Å². The molecule has 0 spiro atoms. The van der Waals surface area contributed by atoms with E-state index in [1.54, 1.807) is 42.5 Å². The molecule has 0 radical (unpaired) electrons. The largest absolute Gasteiger partial charge is 0.475 e. The predicted molar refractivity (Wildman–Crippen MR) is 115 cm³/mol. The van der Waals surface area contributed by atoms with Crippen molar-refractivity contribution in [2.75, 3.05) is 13.6 Å². The van der Waals surface area contributed by atoms with E-state index in [0.717, 1.165) is 0 Å². The Morgan fingerprint density at radius 2 is 1.90 bits per heavy atom. The van der Waals surface area contributed by atoms with Gasteiger partial charge in [0, 0.05) is 7.05 Å². The van der Waals surface area contributed by atoms with Crippen molar-refractivity contribution in [1.29, 1.82) is 5.26 Å². The fourth-order valence-electron chi connectivity index (χ4n) is 2.77. The molecule has 10 heteroatoms. The fraction of sp³-hybridized carbons (Fsp3) is 0.250. The molecule has 2 aromatic carbocycles. The van der Waals surface area contributed by atoms with Crippen LogP contribution < -0.4 is 5.32 Å². The number of nitriles is 1. The first-order valence-electron chi connectivity index (χ1n) is 9.02. The van der Waals surface area contributed by atoms with Gasteiger partial charge in [0.05, 0.1) is 40.6 Å². The van der Waals surface area contributed by atoms with E-state index in [4.69, 9.17) is 28.5 Å². The highest BCUT2D eigenvalue weighted by molar-refractivity contribution is 6.43. The number of hydrogen-bond donors (Lipinski definition) is 3. The van der Waals surface area contributed by atoms with Gasteiger partial charge in [-0.15, -0.1) is 0 Å². The number of amides is 2. The highest BCUT2D eigenvalue weighted by Crippen LogP contribution is 2.23. The smallest absolute Gasteiger partial charge is 0.426 e. The summed E-state index contributed by atoms with van der Waals surface area (Å²) in [4.78, 5) is 25.9. The van der Waals surface area contributed by atoms with Crippen molar-refractivity contribution < 1.29 is 19.6 Å². The third-order valence-corrected chi connectivity index (χ3v) is 5.10. The summed E-state index contributed by atoms with van der Waals surface area (Å²) < 4.78 is 0. The van der Waals surface area contributed by atoms with Crippen LogP contribution in [0.3, 0.4) is 0 Å². The van der Waals surface area contributed by atoms with Gasteiger partial charge in [0.25, 0.3) is 0 Å². The van der Waals surface area contributed by atoms with Crippen LogP contribution in [0.5, 0.6) is 0 Å². The summed E-state index contributed by atoms with van der Waals surface area (Å²) in [6.45, 7) is -0.262. The van der Waals surface area contributed by atoms with E-state index in [9.17, 15) is 19.6 Å². The zero-order valence-corrected chi connectivity index (χ0v) is 17.7. The number of carbonyl (C=O) groups is 2. The van der Waals surface area contributed by atoms with Gasteiger partial charge in [0.2, 0.25) is 11.8 Å². The maximum atomic E-state index is 12.4. The van der Waals surface area contributed by atoms with Gasteiger partial charge < -0.3 is 20.3 Å². The van der Waals surface area contributed by atoms with Gasteiger partial charge in [0.15, 0.2) is 0 Å². The molecule has 2 rings (SSSR count). The normalized spacial score (nSPS) is 11.3. The number of carbonyl (C=O) groups excluding carboxylic acids is 2. The van der Waals surface area contributed by atoms with Crippen LogP contribution in [0.25, 0.3) is 0 Å². The Morgan fingerprint density at radius 3 is 2.53 bits per heavy atom. The molecule has 0 bridgehead atoms. The summed E-state index contributed by atoms with van der Waals surface area (Å²) in [6, 6.07) is 13.5. The van der Waals surface area contributed by atoms with Gasteiger partial charge >= 0.3 is 7.12 Å². The third kappa shape index (κ3) is 7.04. The highest BCUT2D eigenvalue weighted by Gasteiger charge is 2.26. The van der Waals surface area contributed by atoms with Gasteiger partial charge in [-0.05, 0) is 41.8 Å². The molecule has 0 fully saturated rings. The minimum Gasteiger partial charge on any atom is -0.426 e. The summed E-state index contributed by atoms with van der Waals surface area (Å²) in [5.41, 5.74) is 1.75. The standard InChI is InChI=1S/C20H20BCl2N3O4/c1-26(20(28)10-14-5-6-16(22)17(23)8-14)12-19(27)25-18(21(29)30)9-13-3-2-4-15(7-13)11-24/h2-8,18,29-30H,9-10,12H2,1H3,(H,25,27). The van der Waals surface area contributed by atoms with E-state index in [2.05, 4.69) is 5.32 Å². The molecular formula is C20H20BCl2N3O4. The first-order chi connectivity index (χ1) is 14.2. The number of halogens is 2. The van der Waals surface area contributed by atoms with E-state index >= 15 is 0 Å². The number of rotatable bonds is 8. The van der Waals surface area contributed by atoms with E-state index in [1.165, 1.54) is 11.9 Å². The van der Waals surface area contributed by atoms with Crippen LogP contribution in [0.15, 0.2) is 42.5 Å². The molecule has 0 aromatic heterocycles. The second kappa shape index (κ2) is 11.0. The Balaban J connectivity index is 1.94. The molecule has 7 nitrogen and oxygen atoms in total. The van der Waals surface area contributed by atoms with Gasteiger partial charge in [-0.25, -0.2) is 0 Å². The molecule has 1 atom stereocenters. The number of likely N-dealkylation sites (N-methyl/N-ethyl adjacent to an activating group) is 1. The zero-order valence-electron chi connectivity index (χ0n) is 16.2. The lowest BCUT2D eigenvalue weighted by atomic mass is 9.76. The maximum absolute atomic E-state index is 12.4. The topological polar surface area (TPSA) is 114 Å². The van der Waals surface area contributed by atoms with Crippen molar-refractivity contribution in [1.82, 2.24) is 10.2 Å². The molecule has 0 aliphatic heterocycles. The van der Waals surface area contributed by atoms with Crippen LogP contribution in [0.2, 0.25) is 10.0 Å². The summed E-state index contributed by atoms with van der Waals surface area (Å²) in [5, 5.41) is 31.4. The molecule has 1 unspecified atom stereocenters. The Labute approximate surface area is 185 Å². The average molecular weight is 448 g/mol. The fourth-order valence-corrected chi connectivity index (χ4v) is 3.09. The molecule has 0 saturated carbocycles. The summed E-state index contributed by atoms with van der Waals surface area (Å²) in [6.07, 6.45) is 0.146. The molecular weight excluding hydrogens is 428 g/mol. The van der Waals surface area contributed by atoms with E-state index < -0.39 is 19.0 Å². The van der Waals surface area contributed by atoms with Gasteiger partial charge in [-0.3, -0.25) is 9.59 Å². The molecule has 0 aliphatic carbocycles. The Morgan fingerprint density at radius 1 is 1.17 bits per heavy atom. The maximum Gasteiger partial charge on any atom is 0.475 e. The highest BCUT2D eigenvalue weighted by atomic mass is 35.5. The number of hydrogen-bond acceptors (Lipinski definition) is 5. The Bertz CT molecular complexity index is 965. The molecule has 30 heavy (non-hydrogen) atoms. The SMILES string of the molecule is CN(CC(=O)NC(Cc1cccc(C#N)c1)B(O)O)C(=O)Cc1ccc(Cl)c(Cl)c1. The van der Waals surface area contributed by atoms with Crippen molar-refractivity contribution in [3.05, 3.63) is 69.2 Å². The van der Waals surface area contributed by atoms with Crippen LogP contribution in [-0.2, 0) is 22.4 Å². The quantitative estimate of drug-likeness (QED) is 0.532. The molecule has 2 amide bonds. The van der Waals surface area contributed by atoms with Crippen LogP contribution in [0, 0.1) is 11.3 Å². The first kappa shape index (κ1) is 23.7. The van der Waals surface area contributed by atoms with Gasteiger partial charge in [0.1, 0.15) is 0 Å². The Hall–Kier alpha value is -2.57. The van der Waals surface area contributed by atoms with Crippen LogP contribution >= 0.6 is 23.2 Å². The number of nitrogens with one attached hydrogen (secondary N) is 1. The average Bonchev–Trinajstić information content (AvgIpc) is 2.70. The van der Waals surface area contributed by atoms with Gasteiger partial charge in [-0.1, -0.05) is 41.4 Å². The molecule has 0 heterocycles. The van der Waals surface area contributed by atoms with Crippen LogP contribution in [-0.4, -0.2) is 53.4 Å². The van der Waals surface area contributed by atoms with E-state index in [1.807, 2.05) is 6.07 Å². The van der Waals surface area contributed by atoms with Gasteiger partial charge in [-0.2, -0.15) is 5.26 Å². The Kier molecular flexibility index (Phi) is 8.69. The monoisotopic (exact) mass is 447 g/mol. The second-order valence-electron chi connectivity index (χ2n) is 6.78. The van der Waals surface area contributed by atoms with Crippen molar-refractivity contribution in [3.8, 4) is 6.07 Å². The van der Waals surface area contributed by atoms with Crippen molar-refractivity contribution in [2.24, 2.45) is 0 Å². The summed E-state index contributed by atoms with van der Waals surface area (Å²) in [5.74, 6) is -1.86. The van der Waals surface area contributed by atoms with Crippen molar-refractivity contribution in [3.63, 3.8) is 0 Å². The zero-order chi connectivity index (χ0) is 22.3. The third-order valence-electron chi connectivity index (χ3n) is 4.36. The molecule has 156 valence electrons. The summed E-state index contributed by atoms with van der Waals surface area (Å²) >= 11 is 11.8. The lowest BCUT2D eigenvalue weighted by Crippen LogP contribution is -2.51. The van der Waals surface area contributed by atoms with Crippen LogP contribution in [0.1, 0.15) is 16.7 Å². The summed E-state index contributed by atoms with van der Waals surface area (Å²) in [7, 11) is -0.336. The predicted octanol–water partition coefficient (Wildman–Crippen LogP) is 1.61. The van der Waals surface area contributed by atoms with Crippen molar-refractivity contribution in [2.45, 2.75) is 18.8 Å². The minimum absolute atomic E-state index is 0.0354. The molecule has 2 aromatic rings. The van der Waals surface area contributed by atoms with E-state index in [0.29, 0.717) is 26.7 Å². The second-order valence-corrected chi connectivity index (χ2v) is 7.59. The van der Waals surface area contributed by atoms with Crippen LogP contribution in [0.4, 0.5) is 0 Å². The minimum atomic E-state index is -1.81. The van der Waals surface area contributed by atoms with E-state index in [-0.39, 0.29) is 25.3 Å². The lowest BCUT2D eigenvalue weighted by molar-refractivity contribution is -0.134. The first-order valence-corrected chi connectivity index (χ1v) is 9.77. The molecule has 0 saturated heterocycles.